The number of aryl methyl sites for hydroxylation is 1. The average molecular weight is 344 g/mol. The van der Waals surface area contributed by atoms with E-state index in [0.717, 1.165) is 25.7 Å². The molecule has 3 nitrogen and oxygen atoms in total. The Morgan fingerprint density at radius 1 is 1.12 bits per heavy atom. The number of hydrogen-bond donors (Lipinski definition) is 0. The first-order chi connectivity index (χ1) is 12.0. The molecule has 0 aromatic heterocycles. The molecule has 0 bridgehead atoms. The molecule has 1 fully saturated rings. The van der Waals surface area contributed by atoms with E-state index in [0.29, 0.717) is 12.6 Å². The molecular weight excluding hydrogens is 310 g/mol. The van der Waals surface area contributed by atoms with Gasteiger partial charge in [-0.3, -0.25) is 0 Å². The smallest absolute Gasteiger partial charge is 0.330 e. The highest BCUT2D eigenvalue weighted by Gasteiger charge is 2.29. The Balaban J connectivity index is 1.86. The van der Waals surface area contributed by atoms with Gasteiger partial charge in [-0.25, -0.2) is 4.79 Å². The van der Waals surface area contributed by atoms with Crippen LogP contribution in [0.4, 0.5) is 0 Å². The summed E-state index contributed by atoms with van der Waals surface area (Å²) in [6.07, 6.45) is 12.4. The maximum absolute atomic E-state index is 12.3. The van der Waals surface area contributed by atoms with Crippen LogP contribution >= 0.6 is 0 Å². The minimum absolute atomic E-state index is 0.143. The molecule has 1 saturated carbocycles. The van der Waals surface area contributed by atoms with Gasteiger partial charge in [0.15, 0.2) is 0 Å². The lowest BCUT2D eigenvalue weighted by Gasteiger charge is -2.33. The lowest BCUT2D eigenvalue weighted by Crippen LogP contribution is -2.41. The summed E-state index contributed by atoms with van der Waals surface area (Å²) < 4.78 is 0. The van der Waals surface area contributed by atoms with Crippen molar-refractivity contribution in [1.29, 1.82) is 0 Å². The van der Waals surface area contributed by atoms with E-state index in [2.05, 4.69) is 36.4 Å². The first-order valence-corrected chi connectivity index (χ1v) is 9.65. The Kier molecular flexibility index (Phi) is 7.70. The number of carbonyl (C=O) groups excluding carboxylic acids is 1. The van der Waals surface area contributed by atoms with Crippen LogP contribution < -0.4 is 0 Å². The van der Waals surface area contributed by atoms with Gasteiger partial charge in [0.25, 0.3) is 0 Å². The van der Waals surface area contributed by atoms with Gasteiger partial charge in [-0.15, -0.1) is 5.06 Å². The molecule has 0 aliphatic heterocycles. The summed E-state index contributed by atoms with van der Waals surface area (Å²) in [5.74, 6) is -0.143. The van der Waals surface area contributed by atoms with Gasteiger partial charge >= 0.3 is 5.97 Å². The second kappa shape index (κ2) is 9.76. The summed E-state index contributed by atoms with van der Waals surface area (Å²) >= 11 is 0. The molecule has 1 aromatic rings. The fourth-order valence-corrected chi connectivity index (χ4v) is 3.06. The minimum Gasteiger partial charge on any atom is -0.367 e. The summed E-state index contributed by atoms with van der Waals surface area (Å²) in [5.41, 5.74) is 0.889. The van der Waals surface area contributed by atoms with Crippen LogP contribution in [0.3, 0.4) is 0 Å². The van der Waals surface area contributed by atoms with E-state index in [1.807, 2.05) is 31.9 Å². The Morgan fingerprint density at radius 3 is 2.44 bits per heavy atom. The monoisotopic (exact) mass is 343 g/mol. The third-order valence-electron chi connectivity index (χ3n) is 4.69. The summed E-state index contributed by atoms with van der Waals surface area (Å²) in [4.78, 5) is 18.1. The summed E-state index contributed by atoms with van der Waals surface area (Å²) in [7, 11) is 0. The van der Waals surface area contributed by atoms with Gasteiger partial charge in [0.1, 0.15) is 0 Å². The molecular formula is C22H33NO2. The van der Waals surface area contributed by atoms with Crippen LogP contribution in [0.2, 0.25) is 0 Å². The van der Waals surface area contributed by atoms with Crippen molar-refractivity contribution < 1.29 is 9.63 Å². The molecule has 0 atom stereocenters. The second-order valence-corrected chi connectivity index (χ2v) is 8.02. The fourth-order valence-electron chi connectivity index (χ4n) is 3.06. The highest BCUT2D eigenvalue weighted by atomic mass is 16.7. The van der Waals surface area contributed by atoms with Crippen molar-refractivity contribution in [2.24, 2.45) is 5.41 Å². The summed E-state index contributed by atoms with van der Waals surface area (Å²) in [5, 5.41) is 1.92. The lowest BCUT2D eigenvalue weighted by atomic mass is 9.95. The van der Waals surface area contributed by atoms with Crippen LogP contribution in [0.15, 0.2) is 42.5 Å². The topological polar surface area (TPSA) is 29.5 Å². The van der Waals surface area contributed by atoms with E-state index in [-0.39, 0.29) is 5.97 Å². The SMILES string of the molecule is CC(C)(C)C(=O)ON(C/C=C/CCc1ccccc1)C1CCCCC1. The molecule has 1 aliphatic carbocycles. The molecule has 25 heavy (non-hydrogen) atoms. The Labute approximate surface area is 153 Å². The lowest BCUT2D eigenvalue weighted by molar-refractivity contribution is -0.211. The number of hydroxylamine groups is 2. The standard InChI is InChI=1S/C22H33NO2/c1-22(2,3)21(24)25-23(20-16-10-5-11-17-20)18-12-6-9-15-19-13-7-4-8-14-19/h4,6-8,12-14,20H,5,9-11,15-18H2,1-3H3/b12-6+. The van der Waals surface area contributed by atoms with Crippen LogP contribution in [0.1, 0.15) is 64.9 Å². The highest BCUT2D eigenvalue weighted by Crippen LogP contribution is 2.25. The summed E-state index contributed by atoms with van der Waals surface area (Å²) in [6, 6.07) is 10.9. The van der Waals surface area contributed by atoms with Crippen LogP contribution in [0, 0.1) is 5.41 Å². The third-order valence-corrected chi connectivity index (χ3v) is 4.69. The maximum Gasteiger partial charge on any atom is 0.330 e. The zero-order valence-corrected chi connectivity index (χ0v) is 16.0. The molecule has 0 spiro atoms. The highest BCUT2D eigenvalue weighted by molar-refractivity contribution is 5.75. The van der Waals surface area contributed by atoms with Crippen LogP contribution in [0.25, 0.3) is 0 Å². The molecule has 1 aromatic carbocycles. The third kappa shape index (κ3) is 7.03. The largest absolute Gasteiger partial charge is 0.367 e. The van der Waals surface area contributed by atoms with Gasteiger partial charge in [-0.1, -0.05) is 61.7 Å². The Hall–Kier alpha value is -1.61. The van der Waals surface area contributed by atoms with Gasteiger partial charge in [-0.05, 0) is 52.0 Å². The predicted octanol–water partition coefficient (Wildman–Crippen LogP) is 5.31. The van der Waals surface area contributed by atoms with Gasteiger partial charge < -0.3 is 4.84 Å². The van der Waals surface area contributed by atoms with Gasteiger partial charge in [0.2, 0.25) is 0 Å². The molecule has 0 radical (unpaired) electrons. The van der Waals surface area contributed by atoms with Crippen LogP contribution in [-0.4, -0.2) is 23.6 Å². The van der Waals surface area contributed by atoms with Crippen molar-refractivity contribution in [2.75, 3.05) is 6.54 Å². The number of nitrogens with zero attached hydrogens (tertiary/aromatic N) is 1. The number of hydrogen-bond acceptors (Lipinski definition) is 3. The van der Waals surface area contributed by atoms with E-state index >= 15 is 0 Å². The zero-order valence-electron chi connectivity index (χ0n) is 16.0. The molecule has 0 unspecified atom stereocenters. The molecule has 3 heteroatoms. The first kappa shape index (κ1) is 19.7. The van der Waals surface area contributed by atoms with Crippen molar-refractivity contribution >= 4 is 5.97 Å². The second-order valence-electron chi connectivity index (χ2n) is 8.02. The van der Waals surface area contributed by atoms with Crippen molar-refractivity contribution in [1.82, 2.24) is 5.06 Å². The molecule has 0 amide bonds. The van der Waals surface area contributed by atoms with Crippen LogP contribution in [0.5, 0.6) is 0 Å². The number of carbonyl (C=O) groups is 1. The van der Waals surface area contributed by atoms with E-state index in [1.54, 1.807) is 0 Å². The van der Waals surface area contributed by atoms with Gasteiger partial charge in [0, 0.05) is 6.04 Å². The summed E-state index contributed by atoms with van der Waals surface area (Å²) in [6.45, 7) is 6.40. The molecule has 0 N–H and O–H groups in total. The Morgan fingerprint density at radius 2 is 1.80 bits per heavy atom. The fraction of sp³-hybridized carbons (Fsp3) is 0.591. The molecule has 0 saturated heterocycles. The van der Waals surface area contributed by atoms with Gasteiger partial charge in [0.05, 0.1) is 12.0 Å². The Bertz CT molecular complexity index is 539. The number of rotatable bonds is 7. The van der Waals surface area contributed by atoms with E-state index in [4.69, 9.17) is 4.84 Å². The van der Waals surface area contributed by atoms with E-state index in [1.165, 1.54) is 24.8 Å². The van der Waals surface area contributed by atoms with Gasteiger partial charge in [-0.2, -0.15) is 0 Å². The van der Waals surface area contributed by atoms with Crippen molar-refractivity contribution in [2.45, 2.75) is 71.8 Å². The average Bonchev–Trinajstić information content (AvgIpc) is 2.61. The predicted molar refractivity (Wildman–Crippen MR) is 103 cm³/mol. The minimum atomic E-state index is -0.468. The van der Waals surface area contributed by atoms with E-state index < -0.39 is 5.41 Å². The quantitative estimate of drug-likeness (QED) is 0.496. The van der Waals surface area contributed by atoms with Crippen LogP contribution in [-0.2, 0) is 16.1 Å². The maximum atomic E-state index is 12.3. The number of allylic oxidation sites excluding steroid dienone is 1. The zero-order chi connectivity index (χ0) is 18.1. The number of benzene rings is 1. The molecule has 138 valence electrons. The molecule has 2 rings (SSSR count). The van der Waals surface area contributed by atoms with Crippen molar-refractivity contribution in [3.05, 3.63) is 48.0 Å². The van der Waals surface area contributed by atoms with Crippen molar-refractivity contribution in [3.63, 3.8) is 0 Å². The van der Waals surface area contributed by atoms with E-state index in [9.17, 15) is 4.79 Å². The molecule has 0 heterocycles. The van der Waals surface area contributed by atoms with Crippen molar-refractivity contribution in [3.8, 4) is 0 Å². The first-order valence-electron chi connectivity index (χ1n) is 9.65. The molecule has 1 aliphatic rings. The normalized spacial score (nSPS) is 16.5.